The van der Waals surface area contributed by atoms with Crippen molar-refractivity contribution in [1.82, 2.24) is 14.8 Å². The van der Waals surface area contributed by atoms with Gasteiger partial charge in [0.15, 0.2) is 0 Å². The van der Waals surface area contributed by atoms with Crippen LogP contribution in [0.1, 0.15) is 29.5 Å². The van der Waals surface area contributed by atoms with Gasteiger partial charge in [-0.3, -0.25) is 4.79 Å². The molecule has 0 saturated carbocycles. The van der Waals surface area contributed by atoms with Crippen molar-refractivity contribution < 1.29 is 18.3 Å². The minimum absolute atomic E-state index is 0.0309. The van der Waals surface area contributed by atoms with Crippen LogP contribution < -0.4 is 10.1 Å². The van der Waals surface area contributed by atoms with Gasteiger partial charge >= 0.3 is 0 Å². The van der Waals surface area contributed by atoms with Gasteiger partial charge < -0.3 is 10.1 Å². The number of nitrogens with zero attached hydrogens (tertiary/aromatic N) is 3. The number of benzene rings is 2. The second kappa shape index (κ2) is 7.05. The Morgan fingerprint density at radius 1 is 1.10 bits per heavy atom. The molecule has 0 unspecified atom stereocenters. The van der Waals surface area contributed by atoms with Gasteiger partial charge in [-0.1, -0.05) is 18.2 Å². The van der Waals surface area contributed by atoms with Gasteiger partial charge in [0, 0.05) is 24.1 Å². The van der Waals surface area contributed by atoms with Gasteiger partial charge in [-0.15, -0.1) is 0 Å². The third kappa shape index (κ3) is 3.04. The Bertz CT molecular complexity index is 1140. The lowest BCUT2D eigenvalue weighted by Gasteiger charge is -2.38. The van der Waals surface area contributed by atoms with E-state index in [9.17, 15) is 13.6 Å². The Hall–Kier alpha value is -3.55. The number of hydrogen-bond acceptors (Lipinski definition) is 5. The summed E-state index contributed by atoms with van der Waals surface area (Å²) in [4.78, 5) is 17.5. The summed E-state index contributed by atoms with van der Waals surface area (Å²) in [7, 11) is 1.60. The van der Waals surface area contributed by atoms with Crippen molar-refractivity contribution in [3.8, 4) is 5.75 Å². The minimum Gasteiger partial charge on any atom is -0.497 e. The smallest absolute Gasteiger partial charge is 0.226 e. The summed E-state index contributed by atoms with van der Waals surface area (Å²) < 4.78 is 34.6. The van der Waals surface area contributed by atoms with Crippen LogP contribution in [-0.4, -0.2) is 27.7 Å². The van der Waals surface area contributed by atoms with Crippen molar-refractivity contribution in [2.24, 2.45) is 5.92 Å². The van der Waals surface area contributed by atoms with Crippen LogP contribution in [0.25, 0.3) is 0 Å². The molecule has 1 aliphatic carbocycles. The molecule has 2 aromatic carbocycles. The molecule has 2 heterocycles. The molecule has 3 aromatic rings. The van der Waals surface area contributed by atoms with E-state index in [4.69, 9.17) is 4.74 Å². The van der Waals surface area contributed by atoms with E-state index < -0.39 is 23.6 Å². The molecule has 0 radical (unpaired) electrons. The predicted molar refractivity (Wildman–Crippen MR) is 105 cm³/mol. The molecular formula is C22H18F2N4O2. The highest BCUT2D eigenvalue weighted by molar-refractivity contribution is 5.88. The van der Waals surface area contributed by atoms with Crippen LogP contribution in [0.15, 0.2) is 60.6 Å². The van der Waals surface area contributed by atoms with Crippen LogP contribution in [0.4, 0.5) is 14.7 Å². The van der Waals surface area contributed by atoms with Gasteiger partial charge in [-0.2, -0.15) is 10.1 Å². The highest BCUT2D eigenvalue weighted by atomic mass is 19.1. The van der Waals surface area contributed by atoms with Gasteiger partial charge in [0.05, 0.1) is 19.1 Å². The second-order valence-electron chi connectivity index (χ2n) is 7.45. The average Bonchev–Trinajstić information content (AvgIpc) is 3.19. The number of carbonyl (C=O) groups is 1. The normalized spacial score (nSPS) is 22.6. The number of ether oxygens (including phenoxy) is 1. The first kappa shape index (κ1) is 18.5. The number of rotatable bonds is 3. The van der Waals surface area contributed by atoms with E-state index >= 15 is 0 Å². The molecule has 3 atom stereocenters. The summed E-state index contributed by atoms with van der Waals surface area (Å²) in [6.45, 7) is 0. The summed E-state index contributed by atoms with van der Waals surface area (Å²) in [5.74, 6) is -1.02. The van der Waals surface area contributed by atoms with Crippen molar-refractivity contribution in [3.05, 3.63) is 83.3 Å². The van der Waals surface area contributed by atoms with E-state index in [1.165, 1.54) is 23.1 Å². The van der Waals surface area contributed by atoms with Crippen LogP contribution in [-0.2, 0) is 4.79 Å². The molecule has 30 heavy (non-hydrogen) atoms. The van der Waals surface area contributed by atoms with Crippen molar-refractivity contribution in [2.75, 3.05) is 12.4 Å². The lowest BCUT2D eigenvalue weighted by atomic mass is 9.75. The Morgan fingerprint density at radius 3 is 2.53 bits per heavy atom. The molecule has 0 bridgehead atoms. The minimum atomic E-state index is -0.699. The fourth-order valence-electron chi connectivity index (χ4n) is 4.32. The molecule has 1 aliphatic heterocycles. The van der Waals surface area contributed by atoms with Crippen LogP contribution in [0.3, 0.4) is 0 Å². The fourth-order valence-corrected chi connectivity index (χ4v) is 4.32. The zero-order chi connectivity index (χ0) is 20.8. The molecule has 0 fully saturated rings. The molecule has 0 spiro atoms. The molecule has 152 valence electrons. The van der Waals surface area contributed by atoms with Gasteiger partial charge in [0.1, 0.15) is 29.5 Å². The maximum Gasteiger partial charge on any atom is 0.226 e. The molecule has 1 aromatic heterocycles. The monoisotopic (exact) mass is 408 g/mol. The number of ketones is 1. The number of anilines is 1. The van der Waals surface area contributed by atoms with Crippen molar-refractivity contribution in [3.63, 3.8) is 0 Å². The zero-order valence-electron chi connectivity index (χ0n) is 16.0. The largest absolute Gasteiger partial charge is 0.497 e. The Balaban J connectivity index is 1.59. The molecular weight excluding hydrogens is 390 g/mol. The number of Topliss-reactive ketones (excluding diaryl/α,β-unsaturated/α-hetero) is 1. The average molecular weight is 408 g/mol. The van der Waals surface area contributed by atoms with E-state index in [0.29, 0.717) is 17.2 Å². The third-order valence-corrected chi connectivity index (χ3v) is 5.66. The molecule has 8 heteroatoms. The van der Waals surface area contributed by atoms with Gasteiger partial charge in [-0.25, -0.2) is 13.5 Å². The fraction of sp³-hybridized carbons (Fsp3) is 0.227. The van der Waals surface area contributed by atoms with E-state index in [1.807, 2.05) is 30.3 Å². The maximum absolute atomic E-state index is 13.9. The lowest BCUT2D eigenvalue weighted by Crippen LogP contribution is -2.40. The molecule has 5 rings (SSSR count). The summed E-state index contributed by atoms with van der Waals surface area (Å²) in [6.07, 6.45) is 3.63. The van der Waals surface area contributed by atoms with Crippen LogP contribution in [0.5, 0.6) is 5.75 Å². The first-order chi connectivity index (χ1) is 14.5. The molecule has 2 aliphatic rings. The first-order valence-corrected chi connectivity index (χ1v) is 9.54. The third-order valence-electron chi connectivity index (χ3n) is 5.66. The number of nitrogens with one attached hydrogen (secondary N) is 1. The summed E-state index contributed by atoms with van der Waals surface area (Å²) >= 11 is 0. The van der Waals surface area contributed by atoms with Crippen LogP contribution in [0.2, 0.25) is 0 Å². The number of allylic oxidation sites excluding steroid dienone is 2. The standard InChI is InChI=1S/C22H18F2N4O2/c1-30-17-4-2-12(3-5-17)13-8-18-20(19(29)9-13)21(28-22(27-18)25-11-26-28)14-6-15(23)10-16(24)7-14/h2-8,10-11,13,20-21H,9H2,1H3,(H,25,26,27)/t13-,20+,21-/m1/s1. The Morgan fingerprint density at radius 2 is 1.83 bits per heavy atom. The van der Waals surface area contributed by atoms with Gasteiger partial charge in [0.25, 0.3) is 0 Å². The van der Waals surface area contributed by atoms with Crippen LogP contribution in [0, 0.1) is 17.6 Å². The number of methoxy groups -OCH3 is 1. The number of fused-ring (bicyclic) bond motifs is 2. The van der Waals surface area contributed by atoms with E-state index in [1.54, 1.807) is 7.11 Å². The number of aromatic nitrogens is 3. The summed E-state index contributed by atoms with van der Waals surface area (Å²) in [6, 6.07) is 10.2. The Kier molecular flexibility index (Phi) is 4.34. The lowest BCUT2D eigenvalue weighted by molar-refractivity contribution is -0.123. The number of halogens is 2. The molecule has 1 N–H and O–H groups in total. The molecule has 6 nitrogen and oxygen atoms in total. The highest BCUT2D eigenvalue weighted by Gasteiger charge is 2.43. The first-order valence-electron chi connectivity index (χ1n) is 9.54. The van der Waals surface area contributed by atoms with E-state index in [0.717, 1.165) is 17.4 Å². The maximum atomic E-state index is 13.9. The van der Waals surface area contributed by atoms with Crippen molar-refractivity contribution in [2.45, 2.75) is 18.4 Å². The molecule has 0 saturated heterocycles. The highest BCUT2D eigenvalue weighted by Crippen LogP contribution is 2.44. The van der Waals surface area contributed by atoms with Gasteiger partial charge in [0.2, 0.25) is 5.95 Å². The zero-order valence-corrected chi connectivity index (χ0v) is 16.0. The summed E-state index contributed by atoms with van der Waals surface area (Å²) in [5.41, 5.74) is 1.99. The van der Waals surface area contributed by atoms with Gasteiger partial charge in [-0.05, 0) is 35.4 Å². The van der Waals surface area contributed by atoms with E-state index in [-0.39, 0.29) is 18.1 Å². The van der Waals surface area contributed by atoms with Crippen LogP contribution >= 0.6 is 0 Å². The van der Waals surface area contributed by atoms with Crippen molar-refractivity contribution in [1.29, 1.82) is 0 Å². The number of carbonyl (C=O) groups excluding carboxylic acids is 1. The number of hydrogen-bond donors (Lipinski definition) is 1. The van der Waals surface area contributed by atoms with E-state index in [2.05, 4.69) is 15.4 Å². The van der Waals surface area contributed by atoms with Crippen molar-refractivity contribution >= 4 is 11.7 Å². The SMILES string of the molecule is COc1ccc([C@@H]2C=C3Nc4ncnn4[C@H](c4cc(F)cc(F)c4)[C@@H]3C(=O)C2)cc1. The summed E-state index contributed by atoms with van der Waals surface area (Å²) in [5, 5.41) is 7.38. The predicted octanol–water partition coefficient (Wildman–Crippen LogP) is 3.84. The Labute approximate surface area is 171 Å². The second-order valence-corrected chi connectivity index (χ2v) is 7.45. The quantitative estimate of drug-likeness (QED) is 0.713. The molecule has 0 amide bonds. The topological polar surface area (TPSA) is 69.0 Å².